The predicted octanol–water partition coefficient (Wildman–Crippen LogP) is 6.10. The third-order valence-electron chi connectivity index (χ3n) is 8.41. The Hall–Kier alpha value is -3.14. The molecule has 0 aromatic carbocycles. The van der Waals surface area contributed by atoms with Crippen molar-refractivity contribution >= 4 is 35.5 Å². The van der Waals surface area contributed by atoms with E-state index in [-0.39, 0.29) is 82.6 Å². The number of unbranched alkanes of at least 4 members (excludes halogenated alkanes) is 11. The van der Waals surface area contributed by atoms with Gasteiger partial charge in [0.25, 0.3) is 0 Å². The van der Waals surface area contributed by atoms with Gasteiger partial charge in [-0.3, -0.25) is 19.2 Å². The number of ketones is 1. The van der Waals surface area contributed by atoms with Gasteiger partial charge in [-0.15, -0.1) is 0 Å². The molecule has 15 nitrogen and oxygen atoms in total. The first-order chi connectivity index (χ1) is 27.5. The number of rotatable bonds is 37. The number of methoxy groups -OCH3 is 1. The third-order valence-corrected chi connectivity index (χ3v) is 8.41. The summed E-state index contributed by atoms with van der Waals surface area (Å²) < 4.78 is 36.6. The third kappa shape index (κ3) is 38.4. The number of esters is 3. The van der Waals surface area contributed by atoms with Crippen LogP contribution in [0.15, 0.2) is 0 Å². The molecule has 58 heavy (non-hydrogen) atoms. The Bertz CT molecular complexity index is 1130. The highest BCUT2D eigenvalue weighted by atomic mass is 16.6. The summed E-state index contributed by atoms with van der Waals surface area (Å²) in [7, 11) is 1.29. The van der Waals surface area contributed by atoms with E-state index in [0.29, 0.717) is 38.9 Å². The van der Waals surface area contributed by atoms with Crippen LogP contribution in [0.5, 0.6) is 0 Å². The largest absolute Gasteiger partial charge is 0.467 e. The fraction of sp³-hybridized carbons (Fsp3) is 0.860. The van der Waals surface area contributed by atoms with E-state index in [4.69, 9.17) is 28.4 Å². The molecule has 0 aliphatic carbocycles. The summed E-state index contributed by atoms with van der Waals surface area (Å²) in [6.45, 7) is 12.7. The number of carbonyl (C=O) groups excluding carboxylic acids is 6. The van der Waals surface area contributed by atoms with Crippen molar-refractivity contribution in [3.63, 3.8) is 0 Å². The van der Waals surface area contributed by atoms with Crippen LogP contribution in [-0.2, 0) is 61.9 Å². The minimum absolute atomic E-state index is 0.0255. The topological polar surface area (TPSA) is 191 Å². The maximum Gasteiger partial charge on any atom is 0.331 e. The molecule has 0 saturated heterocycles. The number of Topliss-reactive ketones (excluding diaryl/α,β-unsaturated/α-hetero) is 1. The van der Waals surface area contributed by atoms with Crippen LogP contribution in [0.3, 0.4) is 0 Å². The van der Waals surface area contributed by atoms with E-state index in [0.717, 1.165) is 44.9 Å². The van der Waals surface area contributed by atoms with Gasteiger partial charge < -0.3 is 43.8 Å². The fourth-order valence-electron chi connectivity index (χ4n) is 5.51. The number of nitrogens with one attached hydrogen (secondary N) is 2. The first-order valence-electron chi connectivity index (χ1n) is 21.4. The Morgan fingerprint density at radius 1 is 0.483 bits per heavy atom. The molecule has 0 aromatic heterocycles. The molecule has 0 fully saturated rings. The molecule has 0 heterocycles. The van der Waals surface area contributed by atoms with E-state index in [1.165, 1.54) is 39.2 Å². The summed E-state index contributed by atoms with van der Waals surface area (Å²) >= 11 is 0. The Morgan fingerprint density at radius 2 is 0.983 bits per heavy atom. The van der Waals surface area contributed by atoms with Crippen LogP contribution in [0.25, 0.3) is 0 Å². The first kappa shape index (κ1) is 54.9. The minimum Gasteiger partial charge on any atom is -0.467 e. The lowest BCUT2D eigenvalue weighted by molar-refractivity contribution is -0.159. The quantitative estimate of drug-likeness (QED) is 0.0415. The van der Waals surface area contributed by atoms with Gasteiger partial charge in [-0.1, -0.05) is 64.2 Å². The summed E-state index contributed by atoms with van der Waals surface area (Å²) in [6, 6.07) is -0.926. The Kier molecular flexibility index (Phi) is 32.8. The molecule has 0 bridgehead atoms. The zero-order valence-electron chi connectivity index (χ0n) is 37.0. The van der Waals surface area contributed by atoms with E-state index in [1.807, 2.05) is 20.8 Å². The molecule has 2 N–H and O–H groups in total. The highest BCUT2D eigenvalue weighted by Crippen LogP contribution is 2.15. The summed E-state index contributed by atoms with van der Waals surface area (Å²) in [6.07, 6.45) is 14.8. The maximum atomic E-state index is 12.9. The smallest absolute Gasteiger partial charge is 0.331 e. The summed E-state index contributed by atoms with van der Waals surface area (Å²) in [5.41, 5.74) is -1.15. The molecule has 0 rings (SSSR count). The standard InChI is InChI=1S/C43H78N2O13/c1-42(2,3)57-39(49)23-19-17-15-13-11-9-8-10-12-14-16-18-22-38(48)45-36(41(51)58-43(4,5)6)24-25-37(47)44-26-28-54-30-31-55-33-35(46)21-20-27-53-29-32-56-34-40(50)52-7/h36H,8-34H2,1-7H3,(H,44,47)(H,45,48)/t36-/m0/s1. The average Bonchev–Trinajstić information content (AvgIpc) is 3.13. The lowest BCUT2D eigenvalue weighted by Gasteiger charge is -2.24. The van der Waals surface area contributed by atoms with Crippen molar-refractivity contribution in [3.8, 4) is 0 Å². The Morgan fingerprint density at radius 3 is 1.53 bits per heavy atom. The molecule has 15 heteroatoms. The Balaban J connectivity index is 4.03. The van der Waals surface area contributed by atoms with E-state index < -0.39 is 29.2 Å². The second-order valence-corrected chi connectivity index (χ2v) is 16.4. The van der Waals surface area contributed by atoms with Gasteiger partial charge in [0.15, 0.2) is 5.78 Å². The number of ether oxygens (including phenoxy) is 7. The molecule has 0 saturated carbocycles. The van der Waals surface area contributed by atoms with Crippen molar-refractivity contribution in [3.05, 3.63) is 0 Å². The van der Waals surface area contributed by atoms with Crippen LogP contribution in [0, 0.1) is 0 Å². The zero-order valence-corrected chi connectivity index (χ0v) is 37.0. The summed E-state index contributed by atoms with van der Waals surface area (Å²) in [4.78, 5) is 72.7. The number of carbonyl (C=O) groups is 6. The highest BCUT2D eigenvalue weighted by Gasteiger charge is 2.27. The predicted molar refractivity (Wildman–Crippen MR) is 220 cm³/mol. The van der Waals surface area contributed by atoms with Crippen molar-refractivity contribution in [2.45, 2.75) is 174 Å². The molecular weight excluding hydrogens is 752 g/mol. The molecule has 0 spiro atoms. The van der Waals surface area contributed by atoms with Gasteiger partial charge in [-0.25, -0.2) is 9.59 Å². The second-order valence-electron chi connectivity index (χ2n) is 16.4. The van der Waals surface area contributed by atoms with Gasteiger partial charge in [0.2, 0.25) is 11.8 Å². The average molecular weight is 831 g/mol. The van der Waals surface area contributed by atoms with Gasteiger partial charge >= 0.3 is 17.9 Å². The molecule has 0 aliphatic heterocycles. The molecule has 0 unspecified atom stereocenters. The highest BCUT2D eigenvalue weighted by molar-refractivity contribution is 5.85. The van der Waals surface area contributed by atoms with Gasteiger partial charge in [-0.2, -0.15) is 0 Å². The normalized spacial score (nSPS) is 12.1. The second kappa shape index (κ2) is 34.7. The van der Waals surface area contributed by atoms with Crippen LogP contribution < -0.4 is 10.6 Å². The summed E-state index contributed by atoms with van der Waals surface area (Å²) in [5.74, 6) is -1.69. The molecule has 2 amide bonds. The van der Waals surface area contributed by atoms with Crippen LogP contribution in [-0.4, -0.2) is 119 Å². The van der Waals surface area contributed by atoms with Crippen LogP contribution in [0.1, 0.15) is 157 Å². The lowest BCUT2D eigenvalue weighted by atomic mass is 10.0. The number of hydrogen-bond donors (Lipinski definition) is 2. The fourth-order valence-corrected chi connectivity index (χ4v) is 5.51. The SMILES string of the molecule is COC(=O)COCCOCCCC(=O)COCCOCCNC(=O)CC[C@H](NC(=O)CCCCCCCCCCCCCCC(=O)OC(C)(C)C)C(=O)OC(C)(C)C. The first-order valence-corrected chi connectivity index (χ1v) is 21.4. The van der Waals surface area contributed by atoms with Crippen LogP contribution in [0.2, 0.25) is 0 Å². The van der Waals surface area contributed by atoms with Crippen molar-refractivity contribution in [1.29, 1.82) is 0 Å². The molecule has 0 aromatic rings. The van der Waals surface area contributed by atoms with Crippen molar-refractivity contribution in [1.82, 2.24) is 10.6 Å². The molecule has 1 atom stereocenters. The monoisotopic (exact) mass is 831 g/mol. The minimum atomic E-state index is -0.926. The van der Waals surface area contributed by atoms with Gasteiger partial charge in [0.1, 0.15) is 30.5 Å². The van der Waals surface area contributed by atoms with Gasteiger partial charge in [0, 0.05) is 38.8 Å². The maximum absolute atomic E-state index is 12.9. The molecule has 0 radical (unpaired) electrons. The molecular formula is C43H78N2O13. The molecule has 338 valence electrons. The lowest BCUT2D eigenvalue weighted by Crippen LogP contribution is -2.44. The van der Waals surface area contributed by atoms with Crippen LogP contribution in [0.4, 0.5) is 0 Å². The van der Waals surface area contributed by atoms with E-state index in [9.17, 15) is 28.8 Å². The van der Waals surface area contributed by atoms with E-state index in [1.54, 1.807) is 20.8 Å². The van der Waals surface area contributed by atoms with Crippen molar-refractivity contribution in [2.24, 2.45) is 0 Å². The molecule has 0 aliphatic rings. The van der Waals surface area contributed by atoms with Crippen molar-refractivity contribution in [2.75, 3.05) is 66.5 Å². The van der Waals surface area contributed by atoms with E-state index >= 15 is 0 Å². The number of amides is 2. The Labute approximate surface area is 348 Å². The summed E-state index contributed by atoms with van der Waals surface area (Å²) in [5, 5.41) is 5.53. The number of hydrogen-bond acceptors (Lipinski definition) is 13. The van der Waals surface area contributed by atoms with Gasteiger partial charge in [0.05, 0.1) is 40.1 Å². The van der Waals surface area contributed by atoms with Gasteiger partial charge in [-0.05, 0) is 67.2 Å². The zero-order chi connectivity index (χ0) is 43.5. The van der Waals surface area contributed by atoms with Crippen LogP contribution >= 0.6 is 0 Å². The van der Waals surface area contributed by atoms with E-state index in [2.05, 4.69) is 15.4 Å². The van der Waals surface area contributed by atoms with Crippen molar-refractivity contribution < 1.29 is 61.9 Å².